The quantitative estimate of drug-likeness (QED) is 0.565. The third-order valence-corrected chi connectivity index (χ3v) is 3.48. The van der Waals surface area contributed by atoms with Crippen molar-refractivity contribution < 1.29 is 5.11 Å². The lowest BCUT2D eigenvalue weighted by molar-refractivity contribution is 0.00712. The number of rotatable bonds is 0. The second kappa shape index (κ2) is 2.98. The molecule has 2 aliphatic carbocycles. The van der Waals surface area contributed by atoms with Gasteiger partial charge < -0.3 is 5.11 Å². The maximum atomic E-state index is 10.2. The van der Waals surface area contributed by atoms with E-state index in [0.717, 1.165) is 19.3 Å². The molecule has 1 saturated carbocycles. The van der Waals surface area contributed by atoms with Gasteiger partial charge in [-0.15, -0.1) is 0 Å². The number of hydrogen-bond acceptors (Lipinski definition) is 1. The smallest absolute Gasteiger partial charge is 0.0719 e. The van der Waals surface area contributed by atoms with Crippen molar-refractivity contribution in [1.82, 2.24) is 0 Å². The van der Waals surface area contributed by atoms with Crippen molar-refractivity contribution in [1.29, 1.82) is 0 Å². The van der Waals surface area contributed by atoms with Crippen LogP contribution >= 0.6 is 0 Å². The predicted molar refractivity (Wildman–Crippen MR) is 54.4 cm³/mol. The number of fused-ring (bicyclic) bond motifs is 1. The van der Waals surface area contributed by atoms with E-state index in [1.165, 1.54) is 17.6 Å². The van der Waals surface area contributed by atoms with Gasteiger partial charge in [-0.3, -0.25) is 0 Å². The highest BCUT2D eigenvalue weighted by molar-refractivity contribution is 5.31. The molecule has 13 heavy (non-hydrogen) atoms. The first-order chi connectivity index (χ1) is 6.11. The van der Waals surface area contributed by atoms with E-state index in [4.69, 9.17) is 0 Å². The number of aliphatic hydroxyl groups is 1. The van der Waals surface area contributed by atoms with Crippen LogP contribution in [0, 0.1) is 5.92 Å². The van der Waals surface area contributed by atoms with Crippen molar-refractivity contribution in [3.63, 3.8) is 0 Å². The molecular formula is C12H18O. The zero-order chi connectivity index (χ0) is 9.47. The maximum absolute atomic E-state index is 10.2. The van der Waals surface area contributed by atoms with Gasteiger partial charge in [0.25, 0.3) is 0 Å². The monoisotopic (exact) mass is 178 g/mol. The van der Waals surface area contributed by atoms with E-state index in [-0.39, 0.29) is 0 Å². The highest BCUT2D eigenvalue weighted by Crippen LogP contribution is 2.42. The van der Waals surface area contributed by atoms with E-state index >= 15 is 0 Å². The molecular weight excluding hydrogens is 160 g/mol. The molecule has 0 aromatic rings. The standard InChI is InChI=1S/C12H18O/c1-9-5-3-7-11-10(9)6-4-8-12(11,2)13/h3,7,11,13H,4-6,8H2,1-2H3/t11-,12-/m0/s1. The van der Waals surface area contributed by atoms with Crippen LogP contribution in [0.2, 0.25) is 0 Å². The molecule has 2 aliphatic rings. The van der Waals surface area contributed by atoms with E-state index in [1.54, 1.807) is 0 Å². The van der Waals surface area contributed by atoms with Gasteiger partial charge in [-0.25, -0.2) is 0 Å². The van der Waals surface area contributed by atoms with Crippen LogP contribution < -0.4 is 0 Å². The second-order valence-corrected chi connectivity index (χ2v) is 4.63. The van der Waals surface area contributed by atoms with E-state index in [1.807, 2.05) is 6.92 Å². The van der Waals surface area contributed by atoms with Crippen molar-refractivity contribution in [3.05, 3.63) is 23.3 Å². The van der Waals surface area contributed by atoms with Gasteiger partial charge in [0.15, 0.2) is 0 Å². The Morgan fingerprint density at radius 1 is 1.54 bits per heavy atom. The van der Waals surface area contributed by atoms with Gasteiger partial charge in [0.2, 0.25) is 0 Å². The fourth-order valence-corrected chi connectivity index (χ4v) is 2.64. The molecule has 0 radical (unpaired) electrons. The van der Waals surface area contributed by atoms with Crippen LogP contribution in [0.4, 0.5) is 0 Å². The Hall–Kier alpha value is -0.560. The van der Waals surface area contributed by atoms with Gasteiger partial charge in [0.1, 0.15) is 0 Å². The van der Waals surface area contributed by atoms with Crippen LogP contribution in [0.5, 0.6) is 0 Å². The summed E-state index contributed by atoms with van der Waals surface area (Å²) < 4.78 is 0. The van der Waals surface area contributed by atoms with E-state index in [9.17, 15) is 5.11 Å². The molecule has 0 aromatic heterocycles. The summed E-state index contributed by atoms with van der Waals surface area (Å²) in [7, 11) is 0. The van der Waals surface area contributed by atoms with Gasteiger partial charge in [0.05, 0.1) is 5.60 Å². The Bertz CT molecular complexity index is 271. The van der Waals surface area contributed by atoms with Crippen LogP contribution in [-0.2, 0) is 0 Å². The minimum atomic E-state index is -0.494. The summed E-state index contributed by atoms with van der Waals surface area (Å²) in [6.07, 6.45) is 8.76. The molecule has 72 valence electrons. The van der Waals surface area contributed by atoms with E-state index < -0.39 is 5.60 Å². The predicted octanol–water partition coefficient (Wildman–Crippen LogP) is 2.81. The van der Waals surface area contributed by atoms with Crippen LogP contribution in [0.3, 0.4) is 0 Å². The molecule has 1 fully saturated rings. The van der Waals surface area contributed by atoms with Gasteiger partial charge in [-0.1, -0.05) is 23.3 Å². The molecule has 0 unspecified atom stereocenters. The molecule has 2 rings (SSSR count). The average molecular weight is 178 g/mol. The van der Waals surface area contributed by atoms with Gasteiger partial charge >= 0.3 is 0 Å². The van der Waals surface area contributed by atoms with Crippen molar-refractivity contribution in [2.24, 2.45) is 5.92 Å². The summed E-state index contributed by atoms with van der Waals surface area (Å²) in [6, 6.07) is 0. The van der Waals surface area contributed by atoms with Crippen LogP contribution in [0.15, 0.2) is 23.3 Å². The van der Waals surface area contributed by atoms with Crippen LogP contribution in [-0.4, -0.2) is 10.7 Å². The lowest BCUT2D eigenvalue weighted by Gasteiger charge is -2.40. The summed E-state index contributed by atoms with van der Waals surface area (Å²) in [5.74, 6) is 0.301. The second-order valence-electron chi connectivity index (χ2n) is 4.63. The van der Waals surface area contributed by atoms with Crippen molar-refractivity contribution in [2.75, 3.05) is 0 Å². The molecule has 2 atom stereocenters. The Labute approximate surface area is 80.2 Å². The summed E-state index contributed by atoms with van der Waals surface area (Å²) in [5.41, 5.74) is 2.48. The van der Waals surface area contributed by atoms with Crippen LogP contribution in [0.1, 0.15) is 39.5 Å². The fraction of sp³-hybridized carbons (Fsp3) is 0.667. The highest BCUT2D eigenvalue weighted by Gasteiger charge is 2.37. The third-order valence-electron chi connectivity index (χ3n) is 3.48. The number of hydrogen-bond donors (Lipinski definition) is 1. The largest absolute Gasteiger partial charge is 0.389 e. The van der Waals surface area contributed by atoms with Crippen molar-refractivity contribution in [3.8, 4) is 0 Å². The molecule has 1 N–H and O–H groups in total. The molecule has 0 spiro atoms. The molecule has 0 heterocycles. The Morgan fingerprint density at radius 2 is 2.31 bits per heavy atom. The zero-order valence-corrected chi connectivity index (χ0v) is 8.51. The first kappa shape index (κ1) is 9.01. The minimum Gasteiger partial charge on any atom is -0.389 e. The Balaban J connectivity index is 2.34. The highest BCUT2D eigenvalue weighted by atomic mass is 16.3. The van der Waals surface area contributed by atoms with Crippen molar-refractivity contribution in [2.45, 2.75) is 45.1 Å². The lowest BCUT2D eigenvalue weighted by Crippen LogP contribution is -2.38. The maximum Gasteiger partial charge on any atom is 0.0719 e. The molecule has 0 aromatic carbocycles. The molecule has 1 nitrogen and oxygen atoms in total. The molecule has 0 bridgehead atoms. The van der Waals surface area contributed by atoms with E-state index in [0.29, 0.717) is 5.92 Å². The van der Waals surface area contributed by atoms with Gasteiger partial charge in [-0.05, 0) is 39.5 Å². The average Bonchev–Trinajstić information content (AvgIpc) is 2.06. The third kappa shape index (κ3) is 1.46. The topological polar surface area (TPSA) is 20.2 Å². The summed E-state index contributed by atoms with van der Waals surface area (Å²) in [4.78, 5) is 0. The summed E-state index contributed by atoms with van der Waals surface area (Å²) in [6.45, 7) is 4.17. The van der Waals surface area contributed by atoms with Gasteiger partial charge in [0, 0.05) is 5.92 Å². The molecule has 0 aliphatic heterocycles. The first-order valence-electron chi connectivity index (χ1n) is 5.19. The fourth-order valence-electron chi connectivity index (χ4n) is 2.64. The first-order valence-corrected chi connectivity index (χ1v) is 5.19. The van der Waals surface area contributed by atoms with E-state index in [2.05, 4.69) is 19.1 Å². The lowest BCUT2D eigenvalue weighted by atomic mass is 9.70. The summed E-state index contributed by atoms with van der Waals surface area (Å²) >= 11 is 0. The van der Waals surface area contributed by atoms with Gasteiger partial charge in [-0.2, -0.15) is 0 Å². The SMILES string of the molecule is CC1=C2CCC[C@](C)(O)[C@H]2C=CC1. The summed E-state index contributed by atoms with van der Waals surface area (Å²) in [5, 5.41) is 10.2. The number of allylic oxidation sites excluding steroid dienone is 2. The molecule has 1 heteroatoms. The van der Waals surface area contributed by atoms with Crippen LogP contribution in [0.25, 0.3) is 0 Å². The molecule has 0 saturated heterocycles. The normalized spacial score (nSPS) is 39.2. The van der Waals surface area contributed by atoms with Crippen molar-refractivity contribution >= 4 is 0 Å². The Kier molecular flexibility index (Phi) is 2.07. The Morgan fingerprint density at radius 3 is 3.00 bits per heavy atom. The molecule has 0 amide bonds. The minimum absolute atomic E-state index is 0.301. The zero-order valence-electron chi connectivity index (χ0n) is 8.51.